The van der Waals surface area contributed by atoms with Crippen molar-refractivity contribution in [3.63, 3.8) is 0 Å². The molecule has 4 aromatic rings. The Balaban J connectivity index is 1.46. The highest BCUT2D eigenvalue weighted by molar-refractivity contribution is 6.32. The minimum atomic E-state index is -0.266. The Bertz CT molecular complexity index is 1040. The van der Waals surface area contributed by atoms with Crippen LogP contribution in [0.25, 0.3) is 22.7 Å². The quantitative estimate of drug-likeness (QED) is 0.556. The molecule has 3 heterocycles. The van der Waals surface area contributed by atoms with Gasteiger partial charge in [-0.3, -0.25) is 4.79 Å². The van der Waals surface area contributed by atoms with Crippen molar-refractivity contribution in [2.24, 2.45) is 0 Å². The molecular weight excluding hydrogens is 352 g/mol. The highest BCUT2D eigenvalue weighted by Gasteiger charge is 2.11. The number of aromatic nitrogens is 3. The number of hydrogen-bond donors (Lipinski definition) is 1. The summed E-state index contributed by atoms with van der Waals surface area (Å²) in [6.45, 7) is 0.374. The first-order valence-corrected chi connectivity index (χ1v) is 8.28. The molecule has 0 fully saturated rings. The lowest BCUT2D eigenvalue weighted by molar-refractivity contribution is 0.0950. The lowest BCUT2D eigenvalue weighted by Gasteiger charge is -2.06. The minimum absolute atomic E-state index is 0.185. The Morgan fingerprint density at radius 1 is 1.04 bits per heavy atom. The Morgan fingerprint density at radius 2 is 1.81 bits per heavy atom. The van der Waals surface area contributed by atoms with E-state index in [0.717, 1.165) is 11.1 Å². The summed E-state index contributed by atoms with van der Waals surface area (Å²) in [5, 5.41) is 3.01. The maximum Gasteiger partial charge on any atom is 0.254 e. The molecule has 0 aliphatic rings. The first kappa shape index (κ1) is 16.2. The van der Waals surface area contributed by atoms with E-state index in [0.29, 0.717) is 29.2 Å². The van der Waals surface area contributed by atoms with E-state index in [9.17, 15) is 4.79 Å². The Morgan fingerprint density at radius 3 is 2.58 bits per heavy atom. The van der Waals surface area contributed by atoms with Gasteiger partial charge in [-0.1, -0.05) is 23.7 Å². The second-order valence-electron chi connectivity index (χ2n) is 5.57. The van der Waals surface area contributed by atoms with E-state index in [2.05, 4.69) is 20.3 Å². The van der Waals surface area contributed by atoms with E-state index in [4.69, 9.17) is 16.0 Å². The first-order chi connectivity index (χ1) is 12.7. The Hall–Kier alpha value is -3.25. The average molecular weight is 365 g/mol. The van der Waals surface area contributed by atoms with Crippen LogP contribution in [0.3, 0.4) is 0 Å². The van der Waals surface area contributed by atoms with E-state index in [1.807, 2.05) is 30.3 Å². The molecule has 0 saturated heterocycles. The zero-order valence-corrected chi connectivity index (χ0v) is 14.3. The number of amides is 1. The summed E-state index contributed by atoms with van der Waals surface area (Å²) in [7, 11) is 0. The van der Waals surface area contributed by atoms with E-state index in [-0.39, 0.29) is 11.1 Å². The molecular formula is C19H13ClN4O2. The van der Waals surface area contributed by atoms with Crippen molar-refractivity contribution in [1.82, 2.24) is 20.3 Å². The molecule has 0 radical (unpaired) electrons. The first-order valence-electron chi connectivity index (χ1n) is 7.90. The summed E-state index contributed by atoms with van der Waals surface area (Å²) in [6.07, 6.45) is 3.22. The van der Waals surface area contributed by atoms with Crippen LogP contribution in [0, 0.1) is 0 Å². The largest absolute Gasteiger partial charge is 0.434 e. The number of nitrogens with zero attached hydrogens (tertiary/aromatic N) is 3. The van der Waals surface area contributed by atoms with Crippen molar-refractivity contribution in [3.05, 3.63) is 77.2 Å². The van der Waals surface area contributed by atoms with Crippen LogP contribution in [0.15, 0.2) is 65.3 Å². The summed E-state index contributed by atoms with van der Waals surface area (Å²) >= 11 is 5.93. The van der Waals surface area contributed by atoms with Crippen molar-refractivity contribution in [3.8, 4) is 11.5 Å². The third kappa shape index (κ3) is 3.27. The van der Waals surface area contributed by atoms with Crippen LogP contribution >= 0.6 is 11.6 Å². The summed E-state index contributed by atoms with van der Waals surface area (Å²) in [5.41, 5.74) is 3.36. The van der Waals surface area contributed by atoms with Gasteiger partial charge in [0.15, 0.2) is 11.2 Å². The molecule has 1 amide bonds. The molecule has 0 unspecified atom stereocenters. The van der Waals surface area contributed by atoms with Gasteiger partial charge in [0.2, 0.25) is 5.89 Å². The van der Waals surface area contributed by atoms with Crippen LogP contribution < -0.4 is 5.32 Å². The number of carbonyl (C=O) groups is 1. The molecule has 0 aliphatic heterocycles. The van der Waals surface area contributed by atoms with Gasteiger partial charge in [0.1, 0.15) is 5.15 Å². The van der Waals surface area contributed by atoms with Crippen LogP contribution in [-0.2, 0) is 6.54 Å². The number of benzene rings is 1. The number of nitrogens with one attached hydrogen (secondary N) is 1. The average Bonchev–Trinajstić information content (AvgIpc) is 3.11. The van der Waals surface area contributed by atoms with E-state index in [1.165, 1.54) is 0 Å². The third-order valence-corrected chi connectivity index (χ3v) is 4.12. The molecule has 1 N–H and O–H groups in total. The fraction of sp³-hybridized carbons (Fsp3) is 0.0526. The molecule has 3 aromatic heterocycles. The predicted molar refractivity (Wildman–Crippen MR) is 97.7 cm³/mol. The van der Waals surface area contributed by atoms with Crippen molar-refractivity contribution in [2.75, 3.05) is 0 Å². The normalized spacial score (nSPS) is 10.8. The van der Waals surface area contributed by atoms with Gasteiger partial charge >= 0.3 is 0 Å². The summed E-state index contributed by atoms with van der Waals surface area (Å²) in [4.78, 5) is 24.6. The summed E-state index contributed by atoms with van der Waals surface area (Å²) < 4.78 is 5.70. The Labute approximate surface area is 153 Å². The molecule has 7 heteroatoms. The van der Waals surface area contributed by atoms with Crippen molar-refractivity contribution in [2.45, 2.75) is 6.54 Å². The van der Waals surface area contributed by atoms with Crippen molar-refractivity contribution in [1.29, 1.82) is 0 Å². The van der Waals surface area contributed by atoms with Crippen LogP contribution in [0.1, 0.15) is 15.9 Å². The van der Waals surface area contributed by atoms with E-state index in [1.54, 1.807) is 30.6 Å². The monoisotopic (exact) mass is 364 g/mol. The number of hydrogen-bond acceptors (Lipinski definition) is 5. The lowest BCUT2D eigenvalue weighted by atomic mass is 10.1. The number of rotatable bonds is 4. The number of oxazole rings is 1. The number of fused-ring (bicyclic) bond motifs is 1. The highest BCUT2D eigenvalue weighted by atomic mass is 35.5. The predicted octanol–water partition coefficient (Wildman–Crippen LogP) is 3.87. The van der Waals surface area contributed by atoms with E-state index >= 15 is 0 Å². The fourth-order valence-electron chi connectivity index (χ4n) is 2.49. The fourth-order valence-corrected chi connectivity index (χ4v) is 2.70. The molecule has 0 bridgehead atoms. The zero-order valence-electron chi connectivity index (χ0n) is 13.5. The Kier molecular flexibility index (Phi) is 4.33. The van der Waals surface area contributed by atoms with Crippen LogP contribution in [0.5, 0.6) is 0 Å². The van der Waals surface area contributed by atoms with Gasteiger partial charge < -0.3 is 9.73 Å². The molecule has 4 rings (SSSR count). The van der Waals surface area contributed by atoms with Crippen molar-refractivity contribution >= 4 is 28.7 Å². The maximum atomic E-state index is 12.2. The number of pyridine rings is 2. The molecule has 0 atom stereocenters. The van der Waals surface area contributed by atoms with Crippen LogP contribution in [0.2, 0.25) is 5.15 Å². The second kappa shape index (κ2) is 6.93. The number of carbonyl (C=O) groups excluding carboxylic acids is 1. The minimum Gasteiger partial charge on any atom is -0.434 e. The molecule has 6 nitrogen and oxygen atoms in total. The van der Waals surface area contributed by atoms with Gasteiger partial charge in [0, 0.05) is 24.5 Å². The van der Waals surface area contributed by atoms with E-state index < -0.39 is 0 Å². The molecule has 26 heavy (non-hydrogen) atoms. The maximum absolute atomic E-state index is 12.2. The summed E-state index contributed by atoms with van der Waals surface area (Å²) in [5.74, 6) is 0.244. The SMILES string of the molecule is O=C(NCc1ccc(-c2nc3ncccc3o2)cc1)c1cccnc1Cl. The number of halogens is 1. The lowest BCUT2D eigenvalue weighted by Crippen LogP contribution is -2.23. The van der Waals surface area contributed by atoms with Gasteiger partial charge in [0.05, 0.1) is 5.56 Å². The topological polar surface area (TPSA) is 80.9 Å². The van der Waals surface area contributed by atoms with Crippen LogP contribution in [0.4, 0.5) is 0 Å². The van der Waals surface area contributed by atoms with Gasteiger partial charge in [-0.05, 0) is 42.0 Å². The van der Waals surface area contributed by atoms with Gasteiger partial charge in [-0.25, -0.2) is 9.97 Å². The molecule has 0 spiro atoms. The van der Waals surface area contributed by atoms with Gasteiger partial charge in [-0.2, -0.15) is 4.98 Å². The smallest absolute Gasteiger partial charge is 0.254 e. The van der Waals surface area contributed by atoms with Crippen LogP contribution in [-0.4, -0.2) is 20.9 Å². The standard InChI is InChI=1S/C19H13ClN4O2/c20-16-14(3-1-9-21-16)18(25)23-11-12-5-7-13(8-6-12)19-24-17-15(26-19)4-2-10-22-17/h1-10H,11H2,(H,23,25). The van der Waals surface area contributed by atoms with Gasteiger partial charge in [0.25, 0.3) is 5.91 Å². The molecule has 1 aromatic carbocycles. The highest BCUT2D eigenvalue weighted by Crippen LogP contribution is 2.23. The zero-order chi connectivity index (χ0) is 17.9. The molecule has 0 saturated carbocycles. The molecule has 0 aliphatic carbocycles. The summed E-state index contributed by atoms with van der Waals surface area (Å²) in [6, 6.07) is 14.5. The molecule has 128 valence electrons. The van der Waals surface area contributed by atoms with Crippen molar-refractivity contribution < 1.29 is 9.21 Å². The second-order valence-corrected chi connectivity index (χ2v) is 5.92. The third-order valence-electron chi connectivity index (χ3n) is 3.82. The van der Waals surface area contributed by atoms with Gasteiger partial charge in [-0.15, -0.1) is 0 Å².